The summed E-state index contributed by atoms with van der Waals surface area (Å²) in [5.74, 6) is 0.366. The van der Waals surface area contributed by atoms with Gasteiger partial charge in [-0.05, 0) is 22.8 Å². The third-order valence-electron chi connectivity index (χ3n) is 4.26. The fourth-order valence-electron chi connectivity index (χ4n) is 3.30. The Morgan fingerprint density at radius 1 is 0.571 bits per heavy atom. The number of anilines is 1. The molecule has 102 valence electrons. The summed E-state index contributed by atoms with van der Waals surface area (Å²) in [6, 6.07) is 30.4. The van der Waals surface area contributed by atoms with E-state index in [-0.39, 0.29) is 0 Å². The largest absolute Gasteiger partial charge is 0.377 e. The predicted molar refractivity (Wildman–Crippen MR) is 87.5 cm³/mol. The van der Waals surface area contributed by atoms with Gasteiger partial charge in [-0.25, -0.2) is 0 Å². The third-order valence-corrected chi connectivity index (χ3v) is 4.26. The Hall–Kier alpha value is -2.54. The lowest BCUT2D eigenvalue weighted by atomic mass is 9.85. The molecule has 1 heteroatoms. The first-order valence-corrected chi connectivity index (χ1v) is 7.39. The molecule has 3 aromatic rings. The first-order valence-electron chi connectivity index (χ1n) is 7.39. The van der Waals surface area contributed by atoms with Crippen LogP contribution < -0.4 is 5.32 Å². The number of benzene rings is 3. The van der Waals surface area contributed by atoms with Crippen molar-refractivity contribution in [2.45, 2.75) is 12.0 Å². The first kappa shape index (κ1) is 12.2. The molecule has 1 nitrogen and oxygen atoms in total. The van der Waals surface area contributed by atoms with Crippen molar-refractivity contribution in [3.63, 3.8) is 0 Å². The van der Waals surface area contributed by atoms with Crippen LogP contribution in [0.1, 0.15) is 28.7 Å². The highest BCUT2D eigenvalue weighted by molar-refractivity contribution is 5.63. The summed E-state index contributed by atoms with van der Waals surface area (Å²) in [5, 5.41) is 3.70. The lowest BCUT2D eigenvalue weighted by Gasteiger charge is -2.21. The van der Waals surface area contributed by atoms with Gasteiger partial charge in [0.15, 0.2) is 0 Å². The van der Waals surface area contributed by atoms with Crippen molar-refractivity contribution in [1.82, 2.24) is 0 Å². The fraction of sp³-hybridized carbons (Fsp3) is 0.100. The topological polar surface area (TPSA) is 12.0 Å². The molecule has 1 heterocycles. The van der Waals surface area contributed by atoms with E-state index >= 15 is 0 Å². The van der Waals surface area contributed by atoms with Crippen LogP contribution in [0.5, 0.6) is 0 Å². The van der Waals surface area contributed by atoms with E-state index in [0.29, 0.717) is 12.0 Å². The van der Waals surface area contributed by atoms with Crippen molar-refractivity contribution in [3.8, 4) is 0 Å². The average Bonchev–Trinajstić information content (AvgIpc) is 2.96. The van der Waals surface area contributed by atoms with Crippen LogP contribution in [0.2, 0.25) is 0 Å². The standard InChI is InChI=1S/C20H17N/c1-3-9-15(10-4-1)19-17-13-7-8-14-18(17)21-20(19)16-11-5-2-6-12-16/h1-14,19-21H/t19-,20+/m0/s1. The zero-order valence-corrected chi connectivity index (χ0v) is 11.7. The fourth-order valence-corrected chi connectivity index (χ4v) is 3.30. The number of rotatable bonds is 2. The van der Waals surface area contributed by atoms with E-state index in [4.69, 9.17) is 0 Å². The van der Waals surface area contributed by atoms with Gasteiger partial charge >= 0.3 is 0 Å². The number of hydrogen-bond donors (Lipinski definition) is 1. The summed E-state index contributed by atoms with van der Waals surface area (Å²) < 4.78 is 0. The van der Waals surface area contributed by atoms with E-state index in [9.17, 15) is 0 Å². The summed E-state index contributed by atoms with van der Waals surface area (Å²) >= 11 is 0. The molecule has 0 amide bonds. The highest BCUT2D eigenvalue weighted by Gasteiger charge is 2.33. The van der Waals surface area contributed by atoms with Crippen LogP contribution in [0.4, 0.5) is 5.69 Å². The van der Waals surface area contributed by atoms with Gasteiger partial charge < -0.3 is 5.32 Å². The van der Waals surface area contributed by atoms with Crippen LogP contribution in [-0.2, 0) is 0 Å². The molecule has 0 radical (unpaired) electrons. The Labute approximate surface area is 125 Å². The van der Waals surface area contributed by atoms with Crippen molar-refractivity contribution >= 4 is 5.69 Å². The van der Waals surface area contributed by atoms with E-state index in [1.165, 1.54) is 22.4 Å². The Morgan fingerprint density at radius 2 is 1.14 bits per heavy atom. The van der Waals surface area contributed by atoms with Crippen molar-refractivity contribution in [1.29, 1.82) is 0 Å². The van der Waals surface area contributed by atoms with E-state index < -0.39 is 0 Å². The lowest BCUT2D eigenvalue weighted by Crippen LogP contribution is -2.12. The summed E-state index contributed by atoms with van der Waals surface area (Å²) in [6.45, 7) is 0. The number of fused-ring (bicyclic) bond motifs is 1. The van der Waals surface area contributed by atoms with Gasteiger partial charge in [-0.1, -0.05) is 78.9 Å². The Kier molecular flexibility index (Phi) is 2.97. The maximum absolute atomic E-state index is 3.70. The number of nitrogens with one attached hydrogen (secondary N) is 1. The van der Waals surface area contributed by atoms with E-state index in [1.807, 2.05) is 0 Å². The monoisotopic (exact) mass is 271 g/mol. The molecule has 0 aromatic heterocycles. The molecule has 0 aliphatic carbocycles. The molecule has 0 fully saturated rings. The van der Waals surface area contributed by atoms with Gasteiger partial charge in [0.2, 0.25) is 0 Å². The molecule has 0 unspecified atom stereocenters. The lowest BCUT2D eigenvalue weighted by molar-refractivity contribution is 0.713. The number of para-hydroxylation sites is 1. The van der Waals surface area contributed by atoms with Crippen LogP contribution in [-0.4, -0.2) is 0 Å². The molecule has 1 aliphatic heterocycles. The minimum atomic E-state index is 0.297. The molecule has 3 aromatic carbocycles. The van der Waals surface area contributed by atoms with E-state index in [1.54, 1.807) is 0 Å². The SMILES string of the molecule is c1ccc([C@H]2c3ccccc3N[C@@H]2c2ccccc2)cc1. The van der Waals surface area contributed by atoms with Crippen LogP contribution >= 0.6 is 0 Å². The van der Waals surface area contributed by atoms with Gasteiger partial charge in [-0.15, -0.1) is 0 Å². The highest BCUT2D eigenvalue weighted by atomic mass is 15.0. The smallest absolute Gasteiger partial charge is 0.0623 e. The Bertz CT molecular complexity index is 734. The highest BCUT2D eigenvalue weighted by Crippen LogP contribution is 2.47. The van der Waals surface area contributed by atoms with Crippen LogP contribution in [0.15, 0.2) is 84.9 Å². The van der Waals surface area contributed by atoms with Crippen LogP contribution in [0.3, 0.4) is 0 Å². The first-order chi connectivity index (χ1) is 10.4. The van der Waals surface area contributed by atoms with Crippen LogP contribution in [0, 0.1) is 0 Å². The minimum Gasteiger partial charge on any atom is -0.377 e. The summed E-state index contributed by atoms with van der Waals surface area (Å²) in [7, 11) is 0. The second kappa shape index (κ2) is 5.10. The molecule has 2 atom stereocenters. The zero-order chi connectivity index (χ0) is 14.1. The van der Waals surface area contributed by atoms with Crippen molar-refractivity contribution in [2.24, 2.45) is 0 Å². The third kappa shape index (κ3) is 2.11. The second-order valence-corrected chi connectivity index (χ2v) is 5.51. The minimum absolute atomic E-state index is 0.297. The average molecular weight is 271 g/mol. The van der Waals surface area contributed by atoms with Gasteiger partial charge in [0.25, 0.3) is 0 Å². The predicted octanol–water partition coefficient (Wildman–Crippen LogP) is 4.99. The maximum Gasteiger partial charge on any atom is 0.0623 e. The van der Waals surface area contributed by atoms with Crippen molar-refractivity contribution in [3.05, 3.63) is 102 Å². The second-order valence-electron chi connectivity index (χ2n) is 5.51. The summed E-state index contributed by atoms with van der Waals surface area (Å²) in [4.78, 5) is 0. The molecule has 21 heavy (non-hydrogen) atoms. The molecule has 0 bridgehead atoms. The van der Waals surface area contributed by atoms with E-state index in [0.717, 1.165) is 0 Å². The number of hydrogen-bond acceptors (Lipinski definition) is 1. The molecule has 0 saturated heterocycles. The van der Waals surface area contributed by atoms with Gasteiger partial charge in [-0.2, -0.15) is 0 Å². The molecule has 4 rings (SSSR count). The molecular formula is C20H17N. The molecule has 0 saturated carbocycles. The van der Waals surface area contributed by atoms with Gasteiger partial charge in [0.1, 0.15) is 0 Å². The molecule has 1 aliphatic rings. The molecule has 1 N–H and O–H groups in total. The quantitative estimate of drug-likeness (QED) is 0.692. The Balaban J connectivity index is 1.85. The normalized spacial score (nSPS) is 19.8. The zero-order valence-electron chi connectivity index (χ0n) is 11.7. The maximum atomic E-state index is 3.70. The summed E-state index contributed by atoms with van der Waals surface area (Å²) in [5.41, 5.74) is 5.34. The van der Waals surface area contributed by atoms with Gasteiger partial charge in [0, 0.05) is 11.6 Å². The van der Waals surface area contributed by atoms with E-state index in [2.05, 4.69) is 90.2 Å². The van der Waals surface area contributed by atoms with Crippen LogP contribution in [0.25, 0.3) is 0 Å². The van der Waals surface area contributed by atoms with Gasteiger partial charge in [0.05, 0.1) is 6.04 Å². The Morgan fingerprint density at radius 3 is 1.86 bits per heavy atom. The van der Waals surface area contributed by atoms with Crippen molar-refractivity contribution < 1.29 is 0 Å². The molecule has 0 spiro atoms. The van der Waals surface area contributed by atoms with Crippen molar-refractivity contribution in [2.75, 3.05) is 5.32 Å². The summed E-state index contributed by atoms with van der Waals surface area (Å²) in [6.07, 6.45) is 0. The molecular weight excluding hydrogens is 254 g/mol. The van der Waals surface area contributed by atoms with Gasteiger partial charge in [-0.3, -0.25) is 0 Å².